The zero-order chi connectivity index (χ0) is 24.9. The molecule has 0 amide bonds. The quantitative estimate of drug-likeness (QED) is 0.218. The van der Waals surface area contributed by atoms with Crippen molar-refractivity contribution in [2.75, 3.05) is 55.4 Å². The summed E-state index contributed by atoms with van der Waals surface area (Å²) in [4.78, 5) is 63.5. The van der Waals surface area contributed by atoms with E-state index in [0.717, 1.165) is 0 Å². The fraction of sp³-hybridized carbons (Fsp3) is 0.632. The fourth-order valence-electron chi connectivity index (χ4n) is 3.01. The first-order chi connectivity index (χ1) is 14.5. The van der Waals surface area contributed by atoms with E-state index in [1.165, 1.54) is 0 Å². The molecule has 4 N–H and O–H groups in total. The van der Waals surface area contributed by atoms with Crippen LogP contribution in [0.5, 0.6) is 5.75 Å². The number of hydrogen-bond acceptors (Lipinski definition) is 7. The lowest BCUT2D eigenvalue weighted by molar-refractivity contribution is -0.873. The van der Waals surface area contributed by atoms with Gasteiger partial charge in [0.25, 0.3) is 5.56 Å². The summed E-state index contributed by atoms with van der Waals surface area (Å²) in [7, 11) is 10.7. The smallest absolute Gasteiger partial charge is 0.359 e. The van der Waals surface area contributed by atoms with Gasteiger partial charge in [-0.2, -0.15) is 0 Å². The van der Waals surface area contributed by atoms with E-state index in [-0.39, 0.29) is 17.6 Å². The molecule has 13 nitrogen and oxygen atoms in total. The number of likely N-dealkylation sites (N-methyl/N-ethyl adjacent to an activating group) is 2. The Morgan fingerprint density at radius 3 is 1.78 bits per heavy atom. The van der Waals surface area contributed by atoms with Gasteiger partial charge in [0, 0.05) is 0 Å². The average Bonchev–Trinajstić information content (AvgIpc) is 2.52. The third kappa shape index (κ3) is 9.75. The first-order valence-electron chi connectivity index (χ1n) is 9.75. The molecule has 0 aliphatic rings. The molecule has 32 heavy (non-hydrogen) atoms. The van der Waals surface area contributed by atoms with Crippen LogP contribution in [0.1, 0.15) is 23.3 Å². The number of carboxylic acids is 2. The van der Waals surface area contributed by atoms with Crippen molar-refractivity contribution in [3.63, 3.8) is 0 Å². The lowest BCUT2D eigenvalue weighted by Gasteiger charge is -2.29. The largest absolute Gasteiger partial charge is 0.481 e. The van der Waals surface area contributed by atoms with Gasteiger partial charge in [-0.25, -0.2) is 9.59 Å². The summed E-state index contributed by atoms with van der Waals surface area (Å²) < 4.78 is 11.4. The molecule has 1 rings (SSSR count). The number of ether oxygens (including phenoxy) is 2. The minimum atomic E-state index is -1.20. The molecule has 1 aromatic rings. The standard InChI is InChI=1S/C19H30N4O9/c1-22(2,3)9-11(7-13(24)25)31-16-15(20-19(30)21-17(16)28)18(29)32-12(8-14(26)27)10-23(4,5)6/h11-12H,7-10H2,1-6H3,(H2-2,20,21,24,25,26,27,28,30)/p+2/t11-,12-/m1/s1. The highest BCUT2D eigenvalue weighted by atomic mass is 16.6. The number of carbonyl (C=O) groups excluding carboxylic acids is 1. The van der Waals surface area contributed by atoms with E-state index in [9.17, 15) is 29.1 Å². The Labute approximate surface area is 184 Å². The summed E-state index contributed by atoms with van der Waals surface area (Å²) in [6, 6.07) is 0. The highest BCUT2D eigenvalue weighted by Crippen LogP contribution is 2.17. The zero-order valence-electron chi connectivity index (χ0n) is 19.1. The van der Waals surface area contributed by atoms with E-state index in [1.807, 2.05) is 4.98 Å². The Balaban J connectivity index is 3.33. The Bertz CT molecular complexity index is 953. The lowest BCUT2D eigenvalue weighted by atomic mass is 10.2. The Hall–Kier alpha value is -3.19. The van der Waals surface area contributed by atoms with Crippen LogP contribution in [0.15, 0.2) is 9.59 Å². The van der Waals surface area contributed by atoms with Gasteiger partial charge >= 0.3 is 23.6 Å². The van der Waals surface area contributed by atoms with Crippen molar-refractivity contribution in [2.45, 2.75) is 25.0 Å². The van der Waals surface area contributed by atoms with Crippen molar-refractivity contribution in [3.05, 3.63) is 26.5 Å². The van der Waals surface area contributed by atoms with Crippen LogP contribution in [0, 0.1) is 0 Å². The maximum absolute atomic E-state index is 12.8. The molecule has 0 aliphatic heterocycles. The molecule has 0 bridgehead atoms. The molecule has 13 heteroatoms. The number of aromatic amines is 2. The maximum atomic E-state index is 12.8. The molecule has 2 atom stereocenters. The number of quaternary nitrogens is 2. The number of nitrogens with one attached hydrogen (secondary N) is 2. The minimum Gasteiger partial charge on any atom is -0.481 e. The number of carbonyl (C=O) groups is 3. The number of aliphatic carboxylic acids is 2. The summed E-state index contributed by atoms with van der Waals surface area (Å²) >= 11 is 0. The molecule has 0 saturated heterocycles. The summed E-state index contributed by atoms with van der Waals surface area (Å²) in [5.74, 6) is -4.15. The molecule has 1 aromatic heterocycles. The number of carboxylic acid groups (broad SMARTS) is 2. The monoisotopic (exact) mass is 460 g/mol. The van der Waals surface area contributed by atoms with Crippen LogP contribution in [0.25, 0.3) is 0 Å². The van der Waals surface area contributed by atoms with E-state index in [1.54, 1.807) is 42.3 Å². The number of rotatable bonds is 12. The minimum absolute atomic E-state index is 0.144. The Kier molecular flexibility index (Phi) is 8.74. The van der Waals surface area contributed by atoms with Crippen LogP contribution in [0.2, 0.25) is 0 Å². The van der Waals surface area contributed by atoms with Crippen molar-refractivity contribution in [3.8, 4) is 5.75 Å². The van der Waals surface area contributed by atoms with Gasteiger partial charge in [0.15, 0.2) is 17.9 Å². The number of aromatic nitrogens is 2. The second-order valence-electron chi connectivity index (χ2n) is 9.52. The number of hydrogen-bond donors (Lipinski definition) is 4. The van der Waals surface area contributed by atoms with Crippen LogP contribution in [0.3, 0.4) is 0 Å². The predicted octanol–water partition coefficient (Wildman–Crippen LogP) is -1.30. The van der Waals surface area contributed by atoms with Crippen molar-refractivity contribution >= 4 is 17.9 Å². The molecular weight excluding hydrogens is 428 g/mol. The average molecular weight is 460 g/mol. The first kappa shape index (κ1) is 26.8. The van der Waals surface area contributed by atoms with Crippen LogP contribution in [-0.4, -0.2) is 115 Å². The van der Waals surface area contributed by atoms with Gasteiger partial charge in [0.05, 0.1) is 55.1 Å². The first-order valence-corrected chi connectivity index (χ1v) is 9.75. The predicted molar refractivity (Wildman–Crippen MR) is 112 cm³/mol. The van der Waals surface area contributed by atoms with Crippen LogP contribution in [0.4, 0.5) is 0 Å². The lowest BCUT2D eigenvalue weighted by Crippen LogP contribution is -2.45. The summed E-state index contributed by atoms with van der Waals surface area (Å²) in [6.07, 6.45) is -3.02. The molecule has 0 radical (unpaired) electrons. The van der Waals surface area contributed by atoms with Crippen molar-refractivity contribution in [1.29, 1.82) is 0 Å². The van der Waals surface area contributed by atoms with E-state index < -0.39 is 65.6 Å². The van der Waals surface area contributed by atoms with Gasteiger partial charge in [-0.15, -0.1) is 0 Å². The van der Waals surface area contributed by atoms with Gasteiger partial charge in [-0.1, -0.05) is 0 Å². The Morgan fingerprint density at radius 1 is 0.844 bits per heavy atom. The Morgan fingerprint density at radius 2 is 1.31 bits per heavy atom. The fourth-order valence-corrected chi connectivity index (χ4v) is 3.01. The molecule has 0 fully saturated rings. The van der Waals surface area contributed by atoms with Gasteiger partial charge in [-0.3, -0.25) is 24.4 Å². The van der Waals surface area contributed by atoms with Gasteiger partial charge in [-0.05, 0) is 0 Å². The third-order valence-electron chi connectivity index (χ3n) is 3.97. The topological polar surface area (TPSA) is 176 Å². The van der Waals surface area contributed by atoms with Crippen molar-refractivity contribution < 1.29 is 43.0 Å². The normalized spacial score (nSPS) is 13.8. The molecule has 0 aromatic carbocycles. The summed E-state index contributed by atoms with van der Waals surface area (Å²) in [5.41, 5.74) is -2.66. The van der Waals surface area contributed by atoms with Gasteiger partial charge in [0.2, 0.25) is 5.75 Å². The highest BCUT2D eigenvalue weighted by Gasteiger charge is 2.31. The summed E-state index contributed by atoms with van der Waals surface area (Å²) in [6.45, 7) is 0.313. The zero-order valence-corrected chi connectivity index (χ0v) is 19.1. The SMILES string of the molecule is C[N+](C)(C)C[C@@H](CC(=O)O)OC(=O)c1[nH]c(=O)[nH]c(=O)c1O[C@H](CC(=O)O)C[N+](C)(C)C. The van der Waals surface area contributed by atoms with E-state index >= 15 is 0 Å². The van der Waals surface area contributed by atoms with E-state index in [4.69, 9.17) is 14.6 Å². The van der Waals surface area contributed by atoms with E-state index in [2.05, 4.69) is 4.98 Å². The second-order valence-corrected chi connectivity index (χ2v) is 9.52. The molecule has 180 valence electrons. The number of esters is 1. The van der Waals surface area contributed by atoms with Crippen molar-refractivity contribution in [2.24, 2.45) is 0 Å². The second kappa shape index (κ2) is 10.4. The highest BCUT2D eigenvalue weighted by molar-refractivity contribution is 5.90. The molecular formula is C19H32N4O9+2. The molecule has 1 heterocycles. The van der Waals surface area contributed by atoms with Gasteiger partial charge < -0.3 is 28.7 Å². The van der Waals surface area contributed by atoms with Gasteiger partial charge in [0.1, 0.15) is 13.1 Å². The molecule has 0 saturated carbocycles. The summed E-state index contributed by atoms with van der Waals surface area (Å²) in [5, 5.41) is 18.3. The third-order valence-corrected chi connectivity index (χ3v) is 3.97. The number of nitrogens with zero attached hydrogens (tertiary/aromatic N) is 2. The van der Waals surface area contributed by atoms with Crippen LogP contribution in [-0.2, 0) is 14.3 Å². The van der Waals surface area contributed by atoms with Crippen LogP contribution >= 0.6 is 0 Å². The van der Waals surface area contributed by atoms with E-state index in [0.29, 0.717) is 4.48 Å². The molecule has 0 spiro atoms. The molecule has 0 unspecified atom stereocenters. The van der Waals surface area contributed by atoms with Crippen LogP contribution < -0.4 is 16.0 Å². The number of H-pyrrole nitrogens is 2. The van der Waals surface area contributed by atoms with Crippen molar-refractivity contribution in [1.82, 2.24) is 9.97 Å². The maximum Gasteiger partial charge on any atom is 0.359 e. The molecule has 0 aliphatic carbocycles.